The number of halogens is 3. The number of rotatable bonds is 7. The Morgan fingerprint density at radius 3 is 2.68 bits per heavy atom. The monoisotopic (exact) mass is 433 g/mol. The zero-order chi connectivity index (χ0) is 22.4. The van der Waals surface area contributed by atoms with Crippen LogP contribution in [0, 0.1) is 10.1 Å². The van der Waals surface area contributed by atoms with Gasteiger partial charge in [-0.2, -0.15) is 18.3 Å². The van der Waals surface area contributed by atoms with Crippen molar-refractivity contribution in [3.8, 4) is 17.1 Å². The molecule has 1 amide bonds. The minimum Gasteiger partial charge on any atom is -0.477 e. The topological polar surface area (TPSA) is 107 Å². The van der Waals surface area contributed by atoms with Crippen molar-refractivity contribution < 1.29 is 32.0 Å². The van der Waals surface area contributed by atoms with E-state index in [-0.39, 0.29) is 28.5 Å². The van der Waals surface area contributed by atoms with Gasteiger partial charge in [0.1, 0.15) is 11.5 Å². The summed E-state index contributed by atoms with van der Waals surface area (Å²) in [6.07, 6.45) is -3.32. The molecular weight excluding hydrogens is 419 g/mol. The predicted molar refractivity (Wildman–Crippen MR) is 103 cm³/mol. The van der Waals surface area contributed by atoms with Gasteiger partial charge in [-0.15, -0.1) is 0 Å². The highest BCUT2D eigenvalue weighted by Gasteiger charge is 2.30. The second-order valence-electron chi connectivity index (χ2n) is 6.09. The van der Waals surface area contributed by atoms with Gasteiger partial charge >= 0.3 is 11.9 Å². The summed E-state index contributed by atoms with van der Waals surface area (Å²) in [6.45, 7) is -0.518. The molecule has 3 rings (SSSR count). The van der Waals surface area contributed by atoms with Crippen molar-refractivity contribution in [2.45, 2.75) is 6.18 Å². The summed E-state index contributed by atoms with van der Waals surface area (Å²) in [6, 6.07) is 13.2. The van der Waals surface area contributed by atoms with Crippen molar-refractivity contribution in [2.24, 2.45) is 5.10 Å². The van der Waals surface area contributed by atoms with Crippen LogP contribution in [-0.4, -0.2) is 23.7 Å². The lowest BCUT2D eigenvalue weighted by Crippen LogP contribution is -2.24. The molecule has 0 spiro atoms. The first kappa shape index (κ1) is 21.6. The number of nitro benzene ring substituents is 1. The molecule has 11 heteroatoms. The van der Waals surface area contributed by atoms with Crippen LogP contribution in [0.3, 0.4) is 0 Å². The van der Waals surface area contributed by atoms with Gasteiger partial charge in [0.2, 0.25) is 0 Å². The van der Waals surface area contributed by atoms with E-state index in [4.69, 9.17) is 9.15 Å². The fourth-order valence-corrected chi connectivity index (χ4v) is 2.50. The van der Waals surface area contributed by atoms with Crippen molar-refractivity contribution in [2.75, 3.05) is 6.61 Å². The molecule has 0 unspecified atom stereocenters. The van der Waals surface area contributed by atoms with Crippen molar-refractivity contribution >= 4 is 17.8 Å². The summed E-state index contributed by atoms with van der Waals surface area (Å²) in [5, 5.41) is 14.6. The molecule has 0 radical (unpaired) electrons. The van der Waals surface area contributed by atoms with E-state index >= 15 is 0 Å². The number of hydrazone groups is 1. The zero-order valence-corrected chi connectivity index (χ0v) is 15.6. The van der Waals surface area contributed by atoms with Gasteiger partial charge in [-0.25, -0.2) is 5.43 Å². The predicted octanol–water partition coefficient (Wildman–Crippen LogP) is 4.40. The molecule has 160 valence electrons. The number of hydrogen-bond donors (Lipinski definition) is 1. The van der Waals surface area contributed by atoms with E-state index in [1.54, 1.807) is 0 Å². The van der Waals surface area contributed by atoms with Gasteiger partial charge in [-0.1, -0.05) is 24.3 Å². The molecule has 0 saturated heterocycles. The first-order valence-corrected chi connectivity index (χ1v) is 8.69. The summed E-state index contributed by atoms with van der Waals surface area (Å²) in [7, 11) is 0. The van der Waals surface area contributed by atoms with Crippen LogP contribution in [0.4, 0.5) is 18.9 Å². The van der Waals surface area contributed by atoms with E-state index in [1.165, 1.54) is 48.5 Å². The Bertz CT molecular complexity index is 1120. The third kappa shape index (κ3) is 5.69. The lowest BCUT2D eigenvalue weighted by molar-refractivity contribution is -0.385. The van der Waals surface area contributed by atoms with Crippen LogP contribution >= 0.6 is 0 Å². The maximum Gasteiger partial charge on any atom is 0.416 e. The zero-order valence-electron chi connectivity index (χ0n) is 15.6. The van der Waals surface area contributed by atoms with Crippen LogP contribution in [0.5, 0.6) is 5.75 Å². The van der Waals surface area contributed by atoms with Crippen LogP contribution in [0.15, 0.2) is 70.2 Å². The number of nitrogens with one attached hydrogen (secondary N) is 1. The summed E-state index contributed by atoms with van der Waals surface area (Å²) >= 11 is 0. The first-order chi connectivity index (χ1) is 14.7. The Labute approximate surface area is 173 Å². The fraction of sp³-hybridized carbons (Fsp3) is 0.100. The average Bonchev–Trinajstić information content (AvgIpc) is 3.21. The van der Waals surface area contributed by atoms with Gasteiger partial charge in [0, 0.05) is 11.6 Å². The molecule has 0 aliphatic heterocycles. The number of carbonyl (C=O) groups is 1. The lowest BCUT2D eigenvalue weighted by atomic mass is 10.1. The third-order valence-corrected chi connectivity index (χ3v) is 3.90. The highest BCUT2D eigenvalue weighted by atomic mass is 19.4. The minimum atomic E-state index is -4.47. The molecule has 8 nitrogen and oxygen atoms in total. The first-order valence-electron chi connectivity index (χ1n) is 8.69. The number of alkyl halides is 3. The summed E-state index contributed by atoms with van der Waals surface area (Å²) in [4.78, 5) is 22.1. The Hall–Kier alpha value is -4.15. The Morgan fingerprint density at radius 1 is 1.16 bits per heavy atom. The van der Waals surface area contributed by atoms with Crippen LogP contribution in [-0.2, 0) is 11.0 Å². The molecule has 3 aromatic rings. The van der Waals surface area contributed by atoms with Crippen LogP contribution < -0.4 is 10.2 Å². The van der Waals surface area contributed by atoms with Crippen molar-refractivity contribution in [3.63, 3.8) is 0 Å². The number of benzene rings is 2. The van der Waals surface area contributed by atoms with Gasteiger partial charge in [-0.05, 0) is 30.3 Å². The van der Waals surface area contributed by atoms with Crippen LogP contribution in [0.2, 0.25) is 0 Å². The molecule has 0 fully saturated rings. The van der Waals surface area contributed by atoms with Gasteiger partial charge in [-0.3, -0.25) is 14.9 Å². The summed E-state index contributed by atoms with van der Waals surface area (Å²) in [5.41, 5.74) is 1.30. The van der Waals surface area contributed by atoms with Crippen LogP contribution in [0.25, 0.3) is 11.3 Å². The number of ether oxygens (including phenoxy) is 1. The van der Waals surface area contributed by atoms with Gasteiger partial charge in [0.05, 0.1) is 16.7 Å². The van der Waals surface area contributed by atoms with E-state index in [2.05, 4.69) is 10.5 Å². The Kier molecular flexibility index (Phi) is 6.34. The fourth-order valence-electron chi connectivity index (χ4n) is 2.50. The second kappa shape index (κ2) is 9.11. The molecule has 0 aliphatic carbocycles. The van der Waals surface area contributed by atoms with Crippen molar-refractivity contribution in [3.05, 3.63) is 82.1 Å². The minimum absolute atomic E-state index is 0.0663. The summed E-state index contributed by atoms with van der Waals surface area (Å²) in [5.74, 6) is -0.367. The molecule has 31 heavy (non-hydrogen) atoms. The molecule has 0 atom stereocenters. The molecule has 1 N–H and O–H groups in total. The smallest absolute Gasteiger partial charge is 0.416 e. The van der Waals surface area contributed by atoms with E-state index in [0.29, 0.717) is 0 Å². The number of carbonyl (C=O) groups excluding carboxylic acids is 1. The number of amides is 1. The Morgan fingerprint density at radius 2 is 1.94 bits per heavy atom. The number of nitro groups is 1. The molecular formula is C20H14F3N3O5. The van der Waals surface area contributed by atoms with E-state index in [0.717, 1.165) is 18.3 Å². The quantitative estimate of drug-likeness (QED) is 0.338. The lowest BCUT2D eigenvalue weighted by Gasteiger charge is -2.07. The number of hydrogen-bond acceptors (Lipinski definition) is 6. The maximum absolute atomic E-state index is 12.8. The second-order valence-corrected chi connectivity index (χ2v) is 6.09. The molecule has 1 aromatic heterocycles. The van der Waals surface area contributed by atoms with Crippen molar-refractivity contribution in [1.82, 2.24) is 5.43 Å². The van der Waals surface area contributed by atoms with E-state index < -0.39 is 29.2 Å². The number of furan rings is 1. The van der Waals surface area contributed by atoms with Gasteiger partial charge in [0.25, 0.3) is 5.91 Å². The Balaban J connectivity index is 1.57. The molecule has 0 bridgehead atoms. The molecule has 1 heterocycles. The molecule has 0 aliphatic rings. The SMILES string of the molecule is O=C(COc1ccccc1[N+](=O)[O-])NN=Cc1ccc(-c2cccc(C(F)(F)F)c2)o1. The van der Waals surface area contributed by atoms with Gasteiger partial charge < -0.3 is 9.15 Å². The van der Waals surface area contributed by atoms with E-state index in [9.17, 15) is 28.1 Å². The highest BCUT2D eigenvalue weighted by molar-refractivity contribution is 5.81. The van der Waals surface area contributed by atoms with Crippen LogP contribution in [0.1, 0.15) is 11.3 Å². The number of para-hydroxylation sites is 2. The normalized spacial score (nSPS) is 11.5. The third-order valence-electron chi connectivity index (χ3n) is 3.90. The van der Waals surface area contributed by atoms with Gasteiger partial charge in [0.15, 0.2) is 12.4 Å². The largest absolute Gasteiger partial charge is 0.477 e. The summed E-state index contributed by atoms with van der Waals surface area (Å²) < 4.78 is 49.0. The standard InChI is InChI=1S/C20H14F3N3O5/c21-20(22,23)14-5-3-4-13(10-14)17-9-8-15(31-17)11-24-25-19(27)12-30-18-7-2-1-6-16(18)26(28)29/h1-11H,12H2,(H,25,27). The number of nitrogens with zero attached hydrogens (tertiary/aromatic N) is 2. The average molecular weight is 433 g/mol. The van der Waals surface area contributed by atoms with Crippen molar-refractivity contribution in [1.29, 1.82) is 0 Å². The molecule has 0 saturated carbocycles. The molecule has 2 aromatic carbocycles. The highest BCUT2D eigenvalue weighted by Crippen LogP contribution is 2.32. The maximum atomic E-state index is 12.8. The van der Waals surface area contributed by atoms with E-state index in [1.807, 2.05) is 0 Å².